The average Bonchev–Trinajstić information content (AvgIpc) is 2.40. The van der Waals surface area contributed by atoms with Crippen LogP contribution in [0.2, 0.25) is 0 Å². The SMILES string of the molecule is CCCCC(C)(C)OCCC(C)(C)CNC(=O)CCC(C)=O. The maximum Gasteiger partial charge on any atom is 0.220 e. The van der Waals surface area contributed by atoms with Crippen molar-refractivity contribution < 1.29 is 14.3 Å². The second kappa shape index (κ2) is 9.98. The zero-order valence-electron chi connectivity index (χ0n) is 15.4. The fourth-order valence-electron chi connectivity index (χ4n) is 2.08. The molecule has 4 heteroatoms. The molecule has 0 saturated carbocycles. The van der Waals surface area contributed by atoms with E-state index in [1.807, 2.05) is 0 Å². The normalized spacial score (nSPS) is 12.3. The van der Waals surface area contributed by atoms with Crippen LogP contribution in [-0.4, -0.2) is 30.4 Å². The van der Waals surface area contributed by atoms with E-state index in [1.165, 1.54) is 19.8 Å². The Hall–Kier alpha value is -0.900. The maximum atomic E-state index is 11.7. The Bertz CT molecular complexity index is 348. The molecule has 0 fully saturated rings. The second-order valence-corrected chi connectivity index (χ2v) is 7.60. The summed E-state index contributed by atoms with van der Waals surface area (Å²) in [5, 5.41) is 2.91. The van der Waals surface area contributed by atoms with Crippen LogP contribution in [0.25, 0.3) is 0 Å². The van der Waals surface area contributed by atoms with Gasteiger partial charge in [0.15, 0.2) is 0 Å². The van der Waals surface area contributed by atoms with Crippen LogP contribution in [0.3, 0.4) is 0 Å². The molecule has 0 atom stereocenters. The predicted molar refractivity (Wildman–Crippen MR) is 90.9 cm³/mol. The first kappa shape index (κ1) is 21.1. The summed E-state index contributed by atoms with van der Waals surface area (Å²) in [5.74, 6) is 0.00425. The van der Waals surface area contributed by atoms with Gasteiger partial charge in [0.2, 0.25) is 5.91 Å². The molecule has 130 valence electrons. The van der Waals surface area contributed by atoms with Crippen LogP contribution < -0.4 is 5.32 Å². The lowest BCUT2D eigenvalue weighted by molar-refractivity contribution is -0.125. The van der Waals surface area contributed by atoms with Crippen LogP contribution in [0.4, 0.5) is 0 Å². The molecule has 0 aromatic heterocycles. The lowest BCUT2D eigenvalue weighted by Gasteiger charge is -2.29. The minimum absolute atomic E-state index is 0.00722. The second-order valence-electron chi connectivity index (χ2n) is 7.60. The molecule has 0 spiro atoms. The van der Waals surface area contributed by atoms with Crippen molar-refractivity contribution in [1.82, 2.24) is 5.32 Å². The number of amides is 1. The van der Waals surface area contributed by atoms with Gasteiger partial charge >= 0.3 is 0 Å². The van der Waals surface area contributed by atoms with Gasteiger partial charge in [-0.3, -0.25) is 4.79 Å². The molecular weight excluding hydrogens is 278 g/mol. The first-order chi connectivity index (χ1) is 10.1. The molecule has 0 aromatic carbocycles. The van der Waals surface area contributed by atoms with E-state index in [0.29, 0.717) is 19.6 Å². The lowest BCUT2D eigenvalue weighted by atomic mass is 9.89. The highest BCUT2D eigenvalue weighted by molar-refractivity contribution is 5.83. The van der Waals surface area contributed by atoms with Crippen molar-refractivity contribution >= 4 is 11.7 Å². The van der Waals surface area contributed by atoms with E-state index in [-0.39, 0.29) is 29.1 Å². The van der Waals surface area contributed by atoms with Gasteiger partial charge in [0.05, 0.1) is 5.60 Å². The fraction of sp³-hybridized carbons (Fsp3) is 0.889. The summed E-state index contributed by atoms with van der Waals surface area (Å²) in [6.07, 6.45) is 4.95. The third-order valence-electron chi connectivity index (χ3n) is 3.87. The number of ether oxygens (including phenoxy) is 1. The van der Waals surface area contributed by atoms with E-state index in [0.717, 1.165) is 12.8 Å². The van der Waals surface area contributed by atoms with E-state index in [1.54, 1.807) is 0 Å². The van der Waals surface area contributed by atoms with Crippen molar-refractivity contribution in [3.8, 4) is 0 Å². The zero-order valence-corrected chi connectivity index (χ0v) is 15.4. The number of ketones is 1. The number of carbonyl (C=O) groups is 2. The van der Waals surface area contributed by atoms with Gasteiger partial charge in [-0.25, -0.2) is 0 Å². The molecule has 0 radical (unpaired) electrons. The van der Waals surface area contributed by atoms with Crippen molar-refractivity contribution in [2.24, 2.45) is 5.41 Å². The standard InChI is InChI=1S/C18H35NO3/c1-7-8-11-18(5,6)22-13-12-17(3,4)14-19-16(21)10-9-15(2)20/h7-14H2,1-6H3,(H,19,21). The van der Waals surface area contributed by atoms with E-state index >= 15 is 0 Å². The molecule has 0 aliphatic heterocycles. The van der Waals surface area contributed by atoms with Gasteiger partial charge in [-0.05, 0) is 39.0 Å². The molecule has 1 amide bonds. The summed E-state index contributed by atoms with van der Waals surface area (Å²) in [4.78, 5) is 22.5. The van der Waals surface area contributed by atoms with Gasteiger partial charge < -0.3 is 14.8 Å². The minimum Gasteiger partial charge on any atom is -0.376 e. The van der Waals surface area contributed by atoms with Crippen molar-refractivity contribution in [1.29, 1.82) is 0 Å². The average molecular weight is 313 g/mol. The Labute approximate surface area is 136 Å². The summed E-state index contributed by atoms with van der Waals surface area (Å²) in [7, 11) is 0. The largest absolute Gasteiger partial charge is 0.376 e. The number of unbranched alkanes of at least 4 members (excludes halogenated alkanes) is 1. The van der Waals surface area contributed by atoms with Crippen LogP contribution in [-0.2, 0) is 14.3 Å². The Morgan fingerprint density at radius 2 is 1.68 bits per heavy atom. The number of hydrogen-bond acceptors (Lipinski definition) is 3. The van der Waals surface area contributed by atoms with Gasteiger partial charge in [0.1, 0.15) is 5.78 Å². The zero-order chi connectivity index (χ0) is 17.2. The van der Waals surface area contributed by atoms with Gasteiger partial charge in [-0.1, -0.05) is 33.6 Å². The van der Waals surface area contributed by atoms with Crippen molar-refractivity contribution in [3.63, 3.8) is 0 Å². The Morgan fingerprint density at radius 1 is 1.05 bits per heavy atom. The lowest BCUT2D eigenvalue weighted by Crippen LogP contribution is -2.35. The number of hydrogen-bond donors (Lipinski definition) is 1. The molecular formula is C18H35NO3. The highest BCUT2D eigenvalue weighted by Crippen LogP contribution is 2.23. The molecule has 0 aliphatic carbocycles. The molecule has 1 N–H and O–H groups in total. The van der Waals surface area contributed by atoms with Gasteiger partial charge in [-0.15, -0.1) is 0 Å². The molecule has 0 heterocycles. The molecule has 0 bridgehead atoms. The summed E-state index contributed by atoms with van der Waals surface area (Å²) in [6.45, 7) is 13.5. The number of carbonyl (C=O) groups excluding carboxylic acids is 2. The summed E-state index contributed by atoms with van der Waals surface area (Å²) in [6, 6.07) is 0. The Morgan fingerprint density at radius 3 is 2.23 bits per heavy atom. The van der Waals surface area contributed by atoms with Crippen LogP contribution in [0.5, 0.6) is 0 Å². The third-order valence-corrected chi connectivity index (χ3v) is 3.87. The Kier molecular flexibility index (Phi) is 9.58. The van der Waals surface area contributed by atoms with E-state index in [2.05, 4.69) is 39.9 Å². The van der Waals surface area contributed by atoms with Crippen LogP contribution in [0.15, 0.2) is 0 Å². The number of nitrogens with one attached hydrogen (secondary N) is 1. The number of Topliss-reactive ketones (excluding diaryl/α,β-unsaturated/α-hetero) is 1. The highest BCUT2D eigenvalue weighted by atomic mass is 16.5. The first-order valence-electron chi connectivity index (χ1n) is 8.48. The van der Waals surface area contributed by atoms with Crippen molar-refractivity contribution in [2.45, 2.75) is 85.7 Å². The molecule has 0 aromatic rings. The monoisotopic (exact) mass is 313 g/mol. The van der Waals surface area contributed by atoms with Gasteiger partial charge in [-0.2, -0.15) is 0 Å². The van der Waals surface area contributed by atoms with Crippen molar-refractivity contribution in [2.75, 3.05) is 13.2 Å². The van der Waals surface area contributed by atoms with Crippen LogP contribution in [0, 0.1) is 5.41 Å². The van der Waals surface area contributed by atoms with Gasteiger partial charge in [0, 0.05) is 26.0 Å². The molecule has 22 heavy (non-hydrogen) atoms. The summed E-state index contributed by atoms with van der Waals surface area (Å²) in [5.41, 5.74) is -0.0798. The summed E-state index contributed by atoms with van der Waals surface area (Å²) >= 11 is 0. The highest BCUT2D eigenvalue weighted by Gasteiger charge is 2.22. The minimum atomic E-state index is -0.0726. The molecule has 0 saturated heterocycles. The molecule has 0 rings (SSSR count). The van der Waals surface area contributed by atoms with Crippen LogP contribution >= 0.6 is 0 Å². The molecule has 0 aliphatic rings. The molecule has 0 unspecified atom stereocenters. The van der Waals surface area contributed by atoms with Gasteiger partial charge in [0.25, 0.3) is 0 Å². The summed E-state index contributed by atoms with van der Waals surface area (Å²) < 4.78 is 6.00. The number of rotatable bonds is 12. The van der Waals surface area contributed by atoms with Crippen molar-refractivity contribution in [3.05, 3.63) is 0 Å². The van der Waals surface area contributed by atoms with E-state index in [4.69, 9.17) is 4.74 Å². The maximum absolute atomic E-state index is 11.7. The predicted octanol–water partition coefficient (Wildman–Crippen LogP) is 3.87. The van der Waals surface area contributed by atoms with E-state index < -0.39 is 0 Å². The topological polar surface area (TPSA) is 55.4 Å². The quantitative estimate of drug-likeness (QED) is 0.595. The smallest absolute Gasteiger partial charge is 0.220 e. The van der Waals surface area contributed by atoms with Crippen LogP contribution in [0.1, 0.15) is 80.1 Å². The van der Waals surface area contributed by atoms with E-state index in [9.17, 15) is 9.59 Å². The Balaban J connectivity index is 3.99. The third kappa shape index (κ3) is 11.7. The first-order valence-corrected chi connectivity index (χ1v) is 8.48. The fourth-order valence-corrected chi connectivity index (χ4v) is 2.08. The molecule has 4 nitrogen and oxygen atoms in total.